The second-order valence-electron chi connectivity index (χ2n) is 9.79. The molecule has 0 N–H and O–H groups in total. The molecule has 0 aliphatic carbocycles. The fourth-order valence-corrected chi connectivity index (χ4v) is 6.90. The maximum Gasteiger partial charge on any atom is 0.344 e. The normalized spacial score (nSPS) is 14.4. The van der Waals surface area contributed by atoms with E-state index in [2.05, 4.69) is 22.6 Å². The van der Waals surface area contributed by atoms with Crippen LogP contribution in [0.15, 0.2) is 51.4 Å². The Bertz CT molecular complexity index is 1810. The monoisotopic (exact) mass is 749 g/mol. The summed E-state index contributed by atoms with van der Waals surface area (Å²) in [6.07, 6.45) is 1.74. The first-order valence-electron chi connectivity index (χ1n) is 14.3. The number of ether oxygens (including phenoxy) is 5. The summed E-state index contributed by atoms with van der Waals surface area (Å²) >= 11 is 3.31. The summed E-state index contributed by atoms with van der Waals surface area (Å²) in [6.45, 7) is 8.32. The molecule has 45 heavy (non-hydrogen) atoms. The Kier molecular flexibility index (Phi) is 11.3. The minimum Gasteiger partial charge on any atom is -0.497 e. The average molecular weight is 750 g/mol. The predicted octanol–water partition coefficient (Wildman–Crippen LogP) is 3.68. The molecule has 1 aliphatic rings. The van der Waals surface area contributed by atoms with Gasteiger partial charge < -0.3 is 28.6 Å². The van der Waals surface area contributed by atoms with E-state index in [1.54, 1.807) is 67.9 Å². The molecule has 0 radical (unpaired) electrons. The van der Waals surface area contributed by atoms with Crippen molar-refractivity contribution in [3.8, 4) is 23.0 Å². The van der Waals surface area contributed by atoms with E-state index in [1.165, 1.54) is 18.4 Å². The van der Waals surface area contributed by atoms with Crippen LogP contribution in [0.25, 0.3) is 6.08 Å². The van der Waals surface area contributed by atoms with Crippen molar-refractivity contribution in [1.29, 1.82) is 0 Å². The smallest absolute Gasteiger partial charge is 0.344 e. The molecule has 240 valence electrons. The second-order valence-corrected chi connectivity index (χ2v) is 12.0. The molecule has 1 aliphatic heterocycles. The molecule has 0 fully saturated rings. The standard InChI is InChI=1S/C32H36IN3O8S/c1-8-35(9-2)31(39)27-18(4)34-32-36(28(27)21-16-20(40-5)11-12-23(21)41-6)30(38)25(45-32)15-19-13-22(33)29(24(14-19)42-7)44-17-26(37)43-10-3/h11-16,28H,8-10,17H2,1-7H3/b25-15+/t28-/m1/s1. The number of nitrogens with zero attached hydrogens (tertiary/aromatic N) is 3. The molecule has 1 atom stereocenters. The highest BCUT2D eigenvalue weighted by Gasteiger charge is 2.36. The van der Waals surface area contributed by atoms with Gasteiger partial charge in [0.15, 0.2) is 22.9 Å². The molecule has 13 heteroatoms. The van der Waals surface area contributed by atoms with Crippen LogP contribution in [-0.2, 0) is 14.3 Å². The van der Waals surface area contributed by atoms with Gasteiger partial charge in [-0.25, -0.2) is 9.79 Å². The minimum atomic E-state index is -0.810. The maximum absolute atomic E-state index is 14.2. The van der Waals surface area contributed by atoms with Gasteiger partial charge in [-0.1, -0.05) is 11.3 Å². The van der Waals surface area contributed by atoms with Crippen LogP contribution in [0.3, 0.4) is 0 Å². The molecule has 3 aromatic rings. The van der Waals surface area contributed by atoms with E-state index < -0.39 is 12.0 Å². The average Bonchev–Trinajstić information content (AvgIpc) is 3.33. The zero-order valence-electron chi connectivity index (χ0n) is 26.3. The van der Waals surface area contributed by atoms with Gasteiger partial charge in [0, 0.05) is 18.7 Å². The van der Waals surface area contributed by atoms with Gasteiger partial charge in [0.25, 0.3) is 11.5 Å². The van der Waals surface area contributed by atoms with Crippen molar-refractivity contribution < 1.29 is 33.3 Å². The van der Waals surface area contributed by atoms with Gasteiger partial charge in [0.05, 0.1) is 47.3 Å². The van der Waals surface area contributed by atoms with Crippen molar-refractivity contribution in [2.75, 3.05) is 47.6 Å². The number of aromatic nitrogens is 1. The second kappa shape index (κ2) is 15.0. The summed E-state index contributed by atoms with van der Waals surface area (Å²) in [5.41, 5.74) is 1.88. The number of allylic oxidation sites excluding steroid dienone is 1. The molecule has 0 bridgehead atoms. The molecule has 2 aromatic carbocycles. The molecule has 1 amide bonds. The number of benzene rings is 2. The third kappa shape index (κ3) is 7.03. The zero-order chi connectivity index (χ0) is 32.8. The fourth-order valence-electron chi connectivity index (χ4n) is 5.07. The van der Waals surface area contributed by atoms with Crippen molar-refractivity contribution in [1.82, 2.24) is 9.47 Å². The Hall–Kier alpha value is -3.85. The third-order valence-corrected chi connectivity index (χ3v) is 9.01. The highest BCUT2D eigenvalue weighted by atomic mass is 127. The summed E-state index contributed by atoms with van der Waals surface area (Å²) < 4.78 is 30.1. The highest BCUT2D eigenvalue weighted by molar-refractivity contribution is 14.1. The lowest BCUT2D eigenvalue weighted by atomic mass is 9.93. The van der Waals surface area contributed by atoms with Gasteiger partial charge >= 0.3 is 5.97 Å². The van der Waals surface area contributed by atoms with E-state index in [1.807, 2.05) is 19.9 Å². The molecular formula is C32H36IN3O8S. The number of amides is 1. The zero-order valence-corrected chi connectivity index (χ0v) is 29.2. The molecule has 0 spiro atoms. The van der Waals surface area contributed by atoms with E-state index >= 15 is 0 Å². The maximum atomic E-state index is 14.2. The Morgan fingerprint density at radius 1 is 1.04 bits per heavy atom. The lowest BCUT2D eigenvalue weighted by Crippen LogP contribution is -2.43. The molecular weight excluding hydrogens is 713 g/mol. The summed E-state index contributed by atoms with van der Waals surface area (Å²) in [7, 11) is 4.61. The summed E-state index contributed by atoms with van der Waals surface area (Å²) in [5.74, 6) is 1.16. The van der Waals surface area contributed by atoms with Gasteiger partial charge in [-0.3, -0.25) is 14.2 Å². The number of rotatable bonds is 12. The number of methoxy groups -OCH3 is 3. The molecule has 11 nitrogen and oxygen atoms in total. The van der Waals surface area contributed by atoms with E-state index in [9.17, 15) is 14.4 Å². The SMILES string of the molecule is CCOC(=O)COc1c(I)cc(/C=c2/sc3n(c2=O)[C@H](c2cc(OC)ccc2OC)C(C(=O)N(CC)CC)=C(C)N=3)cc1OC. The number of esters is 1. The van der Waals surface area contributed by atoms with E-state index in [0.29, 0.717) is 71.4 Å². The topological polar surface area (TPSA) is 118 Å². The lowest BCUT2D eigenvalue weighted by molar-refractivity contribution is -0.145. The van der Waals surface area contributed by atoms with Crippen molar-refractivity contribution in [3.63, 3.8) is 0 Å². The number of hydrogen-bond acceptors (Lipinski definition) is 10. The largest absolute Gasteiger partial charge is 0.497 e. The van der Waals surface area contributed by atoms with Crippen molar-refractivity contribution in [2.24, 2.45) is 4.99 Å². The number of fused-ring (bicyclic) bond motifs is 1. The quantitative estimate of drug-likeness (QED) is 0.204. The van der Waals surface area contributed by atoms with Crippen LogP contribution in [0.4, 0.5) is 0 Å². The number of hydrogen-bond donors (Lipinski definition) is 0. The first-order chi connectivity index (χ1) is 21.6. The molecule has 2 heterocycles. The first kappa shape index (κ1) is 34.0. The summed E-state index contributed by atoms with van der Waals surface area (Å²) in [5, 5.41) is 0. The van der Waals surface area contributed by atoms with Crippen molar-refractivity contribution >= 4 is 51.9 Å². The number of thiazole rings is 1. The van der Waals surface area contributed by atoms with E-state index in [4.69, 9.17) is 28.7 Å². The van der Waals surface area contributed by atoms with Crippen LogP contribution in [-0.4, -0.2) is 69.0 Å². The first-order valence-corrected chi connectivity index (χ1v) is 16.2. The van der Waals surface area contributed by atoms with Crippen LogP contribution in [0.5, 0.6) is 23.0 Å². The van der Waals surface area contributed by atoms with E-state index in [-0.39, 0.29) is 24.7 Å². The van der Waals surface area contributed by atoms with Gasteiger partial charge in [-0.15, -0.1) is 0 Å². The molecule has 0 saturated heterocycles. The lowest BCUT2D eigenvalue weighted by Gasteiger charge is -2.30. The van der Waals surface area contributed by atoms with Gasteiger partial charge in [-0.2, -0.15) is 0 Å². The number of halogens is 1. The number of carbonyl (C=O) groups excluding carboxylic acids is 2. The van der Waals surface area contributed by atoms with Gasteiger partial charge in [-0.05, 0) is 92.3 Å². The van der Waals surface area contributed by atoms with Crippen molar-refractivity contribution in [3.05, 3.63) is 76.0 Å². The Balaban J connectivity index is 1.91. The predicted molar refractivity (Wildman–Crippen MR) is 179 cm³/mol. The van der Waals surface area contributed by atoms with Gasteiger partial charge in [0.2, 0.25) is 0 Å². The van der Waals surface area contributed by atoms with Crippen LogP contribution in [0, 0.1) is 3.57 Å². The molecule has 0 saturated carbocycles. The molecule has 0 unspecified atom stereocenters. The van der Waals surface area contributed by atoms with Crippen LogP contribution < -0.4 is 33.8 Å². The van der Waals surface area contributed by atoms with Crippen LogP contribution in [0.1, 0.15) is 44.9 Å². The summed E-state index contributed by atoms with van der Waals surface area (Å²) in [4.78, 5) is 47.0. The Morgan fingerprint density at radius 2 is 1.76 bits per heavy atom. The molecule has 1 aromatic heterocycles. The Labute approximate surface area is 278 Å². The minimum absolute atomic E-state index is 0.205. The number of carbonyl (C=O) groups is 2. The Morgan fingerprint density at radius 3 is 2.38 bits per heavy atom. The van der Waals surface area contributed by atoms with Crippen LogP contribution >= 0.6 is 33.9 Å². The fraction of sp³-hybridized carbons (Fsp3) is 0.375. The summed E-state index contributed by atoms with van der Waals surface area (Å²) in [6, 6.07) is 8.06. The van der Waals surface area contributed by atoms with Gasteiger partial charge in [0.1, 0.15) is 17.5 Å². The van der Waals surface area contributed by atoms with Crippen molar-refractivity contribution in [2.45, 2.75) is 33.7 Å². The number of likely N-dealkylation sites (N-methyl/N-ethyl adjacent to an activating group) is 1. The highest BCUT2D eigenvalue weighted by Crippen LogP contribution is 2.38. The van der Waals surface area contributed by atoms with E-state index in [0.717, 1.165) is 0 Å². The molecule has 4 rings (SSSR count). The van der Waals surface area contributed by atoms with Crippen LogP contribution in [0.2, 0.25) is 0 Å². The third-order valence-electron chi connectivity index (χ3n) is 7.22.